The number of nitrogens with zero attached hydrogens (tertiary/aromatic N) is 1. The quantitative estimate of drug-likeness (QED) is 0.665. The van der Waals surface area contributed by atoms with Gasteiger partial charge < -0.3 is 15.0 Å². The van der Waals surface area contributed by atoms with Crippen molar-refractivity contribution in [2.45, 2.75) is 39.3 Å². The van der Waals surface area contributed by atoms with Gasteiger partial charge in [0.25, 0.3) is 0 Å². The van der Waals surface area contributed by atoms with Gasteiger partial charge in [-0.05, 0) is 26.9 Å². The molecule has 0 aromatic rings. The van der Waals surface area contributed by atoms with E-state index in [2.05, 4.69) is 42.9 Å². The van der Waals surface area contributed by atoms with Gasteiger partial charge in [0, 0.05) is 18.6 Å². The first-order valence-corrected chi connectivity index (χ1v) is 5.84. The van der Waals surface area contributed by atoms with Crippen molar-refractivity contribution in [3.05, 3.63) is 0 Å². The lowest BCUT2D eigenvalue weighted by Gasteiger charge is -2.28. The van der Waals surface area contributed by atoms with E-state index in [9.17, 15) is 4.79 Å². The van der Waals surface area contributed by atoms with E-state index in [-0.39, 0.29) is 12.0 Å². The van der Waals surface area contributed by atoms with Crippen LogP contribution in [-0.2, 0) is 9.53 Å². The molecule has 0 aliphatic heterocycles. The number of ether oxygens (including phenoxy) is 1. The van der Waals surface area contributed by atoms with Gasteiger partial charge >= 0.3 is 5.97 Å². The average Bonchev–Trinajstić information content (AvgIpc) is 2.15. The number of rotatable bonds is 7. The molecule has 2 atom stereocenters. The molecular formula is C12H26N2O2. The summed E-state index contributed by atoms with van der Waals surface area (Å²) in [5.74, 6) is 0.384. The Morgan fingerprint density at radius 1 is 1.31 bits per heavy atom. The molecule has 0 aromatic carbocycles. The lowest BCUT2D eigenvalue weighted by atomic mass is 10.0. The fraction of sp³-hybridized carbons (Fsp3) is 0.917. The van der Waals surface area contributed by atoms with Crippen LogP contribution < -0.4 is 5.32 Å². The van der Waals surface area contributed by atoms with Gasteiger partial charge in [-0.2, -0.15) is 0 Å². The molecule has 0 spiro atoms. The summed E-state index contributed by atoms with van der Waals surface area (Å²) >= 11 is 0. The summed E-state index contributed by atoms with van der Waals surface area (Å²) in [6.07, 6.45) is 0.424. The van der Waals surface area contributed by atoms with E-state index in [1.165, 1.54) is 7.11 Å². The van der Waals surface area contributed by atoms with Crippen molar-refractivity contribution in [3.63, 3.8) is 0 Å². The zero-order chi connectivity index (χ0) is 12.7. The highest BCUT2D eigenvalue weighted by Gasteiger charge is 2.18. The van der Waals surface area contributed by atoms with E-state index in [1.54, 1.807) is 0 Å². The summed E-state index contributed by atoms with van der Waals surface area (Å²) in [4.78, 5) is 13.3. The summed E-state index contributed by atoms with van der Waals surface area (Å²) in [5, 5.41) is 3.47. The molecule has 0 aliphatic rings. The zero-order valence-corrected chi connectivity index (χ0v) is 11.4. The van der Waals surface area contributed by atoms with Crippen LogP contribution in [0.1, 0.15) is 27.2 Å². The minimum atomic E-state index is -0.160. The molecule has 0 fully saturated rings. The van der Waals surface area contributed by atoms with Crippen LogP contribution in [0, 0.1) is 5.92 Å². The number of likely N-dealkylation sites (N-methyl/N-ethyl adjacent to an activating group) is 1. The Hall–Kier alpha value is -0.610. The van der Waals surface area contributed by atoms with Gasteiger partial charge in [-0.1, -0.05) is 13.8 Å². The van der Waals surface area contributed by atoms with Crippen molar-refractivity contribution in [2.75, 3.05) is 27.7 Å². The molecular weight excluding hydrogens is 204 g/mol. The second-order valence-electron chi connectivity index (χ2n) is 4.96. The van der Waals surface area contributed by atoms with Crippen LogP contribution >= 0.6 is 0 Å². The van der Waals surface area contributed by atoms with Gasteiger partial charge in [0.05, 0.1) is 13.5 Å². The first-order chi connectivity index (χ1) is 7.36. The van der Waals surface area contributed by atoms with Crippen LogP contribution in [0.5, 0.6) is 0 Å². The Morgan fingerprint density at radius 3 is 2.25 bits per heavy atom. The van der Waals surface area contributed by atoms with Gasteiger partial charge in [0.2, 0.25) is 0 Å². The van der Waals surface area contributed by atoms with Crippen LogP contribution in [0.25, 0.3) is 0 Å². The summed E-state index contributed by atoms with van der Waals surface area (Å²) in [6.45, 7) is 7.36. The lowest BCUT2D eigenvalue weighted by molar-refractivity contribution is -0.141. The second-order valence-corrected chi connectivity index (χ2v) is 4.96. The minimum Gasteiger partial charge on any atom is -0.469 e. The molecule has 4 heteroatoms. The first-order valence-electron chi connectivity index (χ1n) is 5.84. The number of esters is 1. The van der Waals surface area contributed by atoms with Crippen LogP contribution in [0.15, 0.2) is 0 Å². The molecule has 0 saturated carbocycles. The van der Waals surface area contributed by atoms with Crippen LogP contribution in [0.3, 0.4) is 0 Å². The number of carbonyl (C=O) groups is 1. The molecule has 0 bridgehead atoms. The second kappa shape index (κ2) is 7.63. The molecule has 0 aliphatic carbocycles. The highest BCUT2D eigenvalue weighted by atomic mass is 16.5. The van der Waals surface area contributed by atoms with Gasteiger partial charge in [0.15, 0.2) is 0 Å². The van der Waals surface area contributed by atoms with Crippen LogP contribution in [-0.4, -0.2) is 50.7 Å². The standard InChI is InChI=1S/C12H26N2O2/c1-9(2)11(8-14(4)5)13-10(3)7-12(15)16-6/h9-11,13H,7-8H2,1-6H3. The third-order valence-electron chi connectivity index (χ3n) is 2.57. The normalized spacial score (nSPS) is 15.2. The molecule has 4 nitrogen and oxygen atoms in total. The Bertz CT molecular complexity index is 205. The number of methoxy groups -OCH3 is 1. The van der Waals surface area contributed by atoms with Crippen LogP contribution in [0.4, 0.5) is 0 Å². The number of hydrogen-bond donors (Lipinski definition) is 1. The Balaban J connectivity index is 4.12. The molecule has 0 amide bonds. The van der Waals surface area contributed by atoms with E-state index < -0.39 is 0 Å². The number of nitrogens with one attached hydrogen (secondary N) is 1. The Labute approximate surface area is 99.3 Å². The van der Waals surface area contributed by atoms with Gasteiger partial charge in [0.1, 0.15) is 0 Å². The van der Waals surface area contributed by atoms with Crippen LogP contribution in [0.2, 0.25) is 0 Å². The maximum atomic E-state index is 11.1. The predicted octanol–water partition coefficient (Wildman–Crippen LogP) is 1.11. The third-order valence-corrected chi connectivity index (χ3v) is 2.57. The maximum Gasteiger partial charge on any atom is 0.307 e. The molecule has 96 valence electrons. The summed E-state index contributed by atoms with van der Waals surface area (Å²) in [6, 6.07) is 0.550. The molecule has 0 radical (unpaired) electrons. The van der Waals surface area contributed by atoms with E-state index in [0.29, 0.717) is 18.4 Å². The molecule has 0 aromatic heterocycles. The highest BCUT2D eigenvalue weighted by Crippen LogP contribution is 2.05. The minimum absolute atomic E-state index is 0.153. The topological polar surface area (TPSA) is 41.6 Å². The SMILES string of the molecule is COC(=O)CC(C)NC(CN(C)C)C(C)C. The molecule has 0 saturated heterocycles. The van der Waals surface area contributed by atoms with Crippen molar-refractivity contribution in [1.29, 1.82) is 0 Å². The van der Waals surface area contributed by atoms with E-state index in [0.717, 1.165) is 6.54 Å². The Kier molecular flexibility index (Phi) is 7.34. The monoisotopic (exact) mass is 230 g/mol. The van der Waals surface area contributed by atoms with Gasteiger partial charge in [-0.15, -0.1) is 0 Å². The van der Waals surface area contributed by atoms with E-state index >= 15 is 0 Å². The zero-order valence-electron chi connectivity index (χ0n) is 11.4. The van der Waals surface area contributed by atoms with E-state index in [4.69, 9.17) is 0 Å². The van der Waals surface area contributed by atoms with Gasteiger partial charge in [-0.25, -0.2) is 0 Å². The summed E-state index contributed by atoms with van der Waals surface area (Å²) in [7, 11) is 5.54. The van der Waals surface area contributed by atoms with Gasteiger partial charge in [-0.3, -0.25) is 4.79 Å². The van der Waals surface area contributed by atoms with Crippen molar-refractivity contribution >= 4 is 5.97 Å². The maximum absolute atomic E-state index is 11.1. The average molecular weight is 230 g/mol. The highest BCUT2D eigenvalue weighted by molar-refractivity contribution is 5.69. The van der Waals surface area contributed by atoms with Crippen molar-refractivity contribution in [1.82, 2.24) is 10.2 Å². The van der Waals surface area contributed by atoms with Crippen molar-refractivity contribution in [3.8, 4) is 0 Å². The first kappa shape index (κ1) is 15.4. The van der Waals surface area contributed by atoms with Crippen molar-refractivity contribution < 1.29 is 9.53 Å². The predicted molar refractivity (Wildman–Crippen MR) is 66.4 cm³/mol. The number of carbonyl (C=O) groups excluding carboxylic acids is 1. The Morgan fingerprint density at radius 2 is 1.88 bits per heavy atom. The lowest BCUT2D eigenvalue weighted by Crippen LogP contribution is -2.46. The largest absolute Gasteiger partial charge is 0.469 e. The molecule has 1 N–H and O–H groups in total. The number of hydrogen-bond acceptors (Lipinski definition) is 4. The fourth-order valence-corrected chi connectivity index (χ4v) is 1.61. The van der Waals surface area contributed by atoms with Crippen molar-refractivity contribution in [2.24, 2.45) is 5.92 Å². The summed E-state index contributed by atoms with van der Waals surface area (Å²) < 4.78 is 4.65. The molecule has 2 unspecified atom stereocenters. The van der Waals surface area contributed by atoms with E-state index in [1.807, 2.05) is 6.92 Å². The molecule has 16 heavy (non-hydrogen) atoms. The third kappa shape index (κ3) is 6.80. The molecule has 0 heterocycles. The summed E-state index contributed by atoms with van der Waals surface area (Å²) in [5.41, 5.74) is 0. The smallest absolute Gasteiger partial charge is 0.307 e. The fourth-order valence-electron chi connectivity index (χ4n) is 1.61. The molecule has 0 rings (SSSR count).